The number of benzene rings is 2. The van der Waals surface area contributed by atoms with Crippen LogP contribution in [0.3, 0.4) is 0 Å². The Labute approximate surface area is 172 Å². The molecule has 4 rings (SSSR count). The summed E-state index contributed by atoms with van der Waals surface area (Å²) in [4.78, 5) is 2.26. The molecule has 0 aliphatic carbocycles. The molecule has 0 spiro atoms. The molecule has 1 aliphatic heterocycles. The van der Waals surface area contributed by atoms with E-state index >= 15 is 0 Å². The molecule has 0 atom stereocenters. The standard InChI is InChI=1S/C21H20BrClN2O2/c22-16-3-1-15(2-4-16)21-8-6-18(27-21)14-24-17-5-7-20(19(23)13-17)25-9-11-26-12-10-25/h1-8,13,24H,9-12,14H2. The monoisotopic (exact) mass is 446 g/mol. The maximum Gasteiger partial charge on any atom is 0.134 e. The van der Waals surface area contributed by atoms with Gasteiger partial charge in [-0.2, -0.15) is 0 Å². The van der Waals surface area contributed by atoms with Crippen LogP contribution in [0.2, 0.25) is 5.02 Å². The zero-order valence-corrected chi connectivity index (χ0v) is 17.1. The molecule has 1 aromatic heterocycles. The summed E-state index contributed by atoms with van der Waals surface area (Å²) in [7, 11) is 0. The van der Waals surface area contributed by atoms with Crippen LogP contribution in [-0.2, 0) is 11.3 Å². The van der Waals surface area contributed by atoms with Crippen LogP contribution in [0, 0.1) is 0 Å². The molecule has 0 radical (unpaired) electrons. The lowest BCUT2D eigenvalue weighted by Gasteiger charge is -2.29. The first kappa shape index (κ1) is 18.4. The van der Waals surface area contributed by atoms with Crippen molar-refractivity contribution in [3.8, 4) is 11.3 Å². The van der Waals surface area contributed by atoms with Crippen LogP contribution in [0.5, 0.6) is 0 Å². The Bertz CT molecular complexity index is 905. The maximum absolute atomic E-state index is 6.49. The highest BCUT2D eigenvalue weighted by Crippen LogP contribution is 2.30. The van der Waals surface area contributed by atoms with Crippen LogP contribution in [0.1, 0.15) is 5.76 Å². The summed E-state index contributed by atoms with van der Waals surface area (Å²) in [5, 5.41) is 4.12. The van der Waals surface area contributed by atoms with E-state index in [9.17, 15) is 0 Å². The zero-order chi connectivity index (χ0) is 18.6. The largest absolute Gasteiger partial charge is 0.459 e. The Morgan fingerprint density at radius 3 is 2.52 bits per heavy atom. The van der Waals surface area contributed by atoms with Gasteiger partial charge in [0.25, 0.3) is 0 Å². The minimum absolute atomic E-state index is 0.601. The lowest BCUT2D eigenvalue weighted by molar-refractivity contribution is 0.122. The van der Waals surface area contributed by atoms with Crippen LogP contribution < -0.4 is 10.2 Å². The molecular formula is C21H20BrClN2O2. The number of morpholine rings is 1. The summed E-state index contributed by atoms with van der Waals surface area (Å²) in [6.07, 6.45) is 0. The summed E-state index contributed by atoms with van der Waals surface area (Å²) in [5.74, 6) is 1.74. The normalized spacial score (nSPS) is 14.4. The number of hydrogen-bond acceptors (Lipinski definition) is 4. The van der Waals surface area contributed by atoms with Gasteiger partial charge in [-0.3, -0.25) is 0 Å². The number of hydrogen-bond donors (Lipinski definition) is 1. The average molecular weight is 448 g/mol. The van der Waals surface area contributed by atoms with Gasteiger partial charge in [0, 0.05) is 28.8 Å². The van der Waals surface area contributed by atoms with Gasteiger partial charge >= 0.3 is 0 Å². The quantitative estimate of drug-likeness (QED) is 0.535. The molecule has 1 fully saturated rings. The molecule has 0 bridgehead atoms. The van der Waals surface area contributed by atoms with Crippen molar-refractivity contribution in [2.24, 2.45) is 0 Å². The molecule has 1 aliphatic rings. The third-order valence-electron chi connectivity index (χ3n) is 4.56. The summed E-state index contributed by atoms with van der Waals surface area (Å²) >= 11 is 9.94. The molecule has 2 aromatic carbocycles. The molecular weight excluding hydrogens is 428 g/mol. The van der Waals surface area contributed by atoms with Crippen molar-refractivity contribution in [1.29, 1.82) is 0 Å². The molecule has 4 nitrogen and oxygen atoms in total. The van der Waals surface area contributed by atoms with E-state index in [2.05, 4.69) is 38.3 Å². The molecule has 6 heteroatoms. The van der Waals surface area contributed by atoms with E-state index in [4.69, 9.17) is 20.8 Å². The van der Waals surface area contributed by atoms with E-state index < -0.39 is 0 Å². The molecule has 27 heavy (non-hydrogen) atoms. The van der Waals surface area contributed by atoms with Gasteiger partial charge in [0.05, 0.1) is 30.5 Å². The van der Waals surface area contributed by atoms with E-state index in [-0.39, 0.29) is 0 Å². The number of ether oxygens (including phenoxy) is 1. The highest BCUT2D eigenvalue weighted by molar-refractivity contribution is 9.10. The fraction of sp³-hybridized carbons (Fsp3) is 0.238. The average Bonchev–Trinajstić information content (AvgIpc) is 3.17. The maximum atomic E-state index is 6.49. The van der Waals surface area contributed by atoms with Crippen LogP contribution in [-0.4, -0.2) is 26.3 Å². The van der Waals surface area contributed by atoms with Crippen LogP contribution in [0.15, 0.2) is 63.5 Å². The van der Waals surface area contributed by atoms with Gasteiger partial charge in [-0.05, 0) is 42.5 Å². The van der Waals surface area contributed by atoms with E-state index in [0.717, 1.165) is 64.3 Å². The fourth-order valence-corrected chi connectivity index (χ4v) is 3.67. The van der Waals surface area contributed by atoms with E-state index in [1.807, 2.05) is 42.5 Å². The van der Waals surface area contributed by atoms with Gasteiger partial charge in [0.2, 0.25) is 0 Å². The summed E-state index contributed by atoms with van der Waals surface area (Å²) < 4.78 is 12.4. The number of nitrogens with one attached hydrogen (secondary N) is 1. The first-order chi connectivity index (χ1) is 13.2. The molecule has 0 unspecified atom stereocenters. The van der Waals surface area contributed by atoms with Crippen LogP contribution >= 0.6 is 27.5 Å². The Balaban J connectivity index is 1.40. The molecule has 1 saturated heterocycles. The Kier molecular flexibility index (Phi) is 5.72. The summed E-state index contributed by atoms with van der Waals surface area (Å²) in [5.41, 5.74) is 3.09. The number of halogens is 2. The first-order valence-corrected chi connectivity index (χ1v) is 10.1. The first-order valence-electron chi connectivity index (χ1n) is 8.90. The Morgan fingerprint density at radius 1 is 1.00 bits per heavy atom. The Hall–Kier alpha value is -1.95. The second-order valence-corrected chi connectivity index (χ2v) is 7.71. The summed E-state index contributed by atoms with van der Waals surface area (Å²) in [6, 6.07) is 18.1. The van der Waals surface area contributed by atoms with Crippen molar-refractivity contribution in [3.63, 3.8) is 0 Å². The molecule has 0 amide bonds. The van der Waals surface area contributed by atoms with Gasteiger partial charge in [-0.1, -0.05) is 39.7 Å². The van der Waals surface area contributed by atoms with Crippen molar-refractivity contribution in [2.75, 3.05) is 36.5 Å². The molecule has 3 aromatic rings. The number of nitrogens with zero attached hydrogens (tertiary/aromatic N) is 1. The van der Waals surface area contributed by atoms with Crippen LogP contribution in [0.4, 0.5) is 11.4 Å². The van der Waals surface area contributed by atoms with E-state index in [1.54, 1.807) is 0 Å². The Morgan fingerprint density at radius 2 is 1.78 bits per heavy atom. The van der Waals surface area contributed by atoms with Crippen molar-refractivity contribution in [1.82, 2.24) is 0 Å². The second-order valence-electron chi connectivity index (χ2n) is 6.39. The van der Waals surface area contributed by atoms with Crippen LogP contribution in [0.25, 0.3) is 11.3 Å². The van der Waals surface area contributed by atoms with Gasteiger partial charge in [0.1, 0.15) is 11.5 Å². The minimum Gasteiger partial charge on any atom is -0.459 e. The smallest absolute Gasteiger partial charge is 0.134 e. The number of rotatable bonds is 5. The molecule has 1 N–H and O–H groups in total. The topological polar surface area (TPSA) is 37.6 Å². The predicted molar refractivity (Wildman–Crippen MR) is 114 cm³/mol. The van der Waals surface area contributed by atoms with E-state index in [1.165, 1.54) is 0 Å². The highest BCUT2D eigenvalue weighted by atomic mass is 79.9. The lowest BCUT2D eigenvalue weighted by atomic mass is 10.2. The zero-order valence-electron chi connectivity index (χ0n) is 14.8. The molecule has 140 valence electrons. The van der Waals surface area contributed by atoms with Gasteiger partial charge < -0.3 is 19.4 Å². The van der Waals surface area contributed by atoms with Crippen molar-refractivity contribution >= 4 is 38.9 Å². The SMILES string of the molecule is Clc1cc(NCc2ccc(-c3ccc(Br)cc3)o2)ccc1N1CCOCC1. The third kappa shape index (κ3) is 4.49. The van der Waals surface area contributed by atoms with Crippen molar-refractivity contribution in [3.05, 3.63) is 69.9 Å². The third-order valence-corrected chi connectivity index (χ3v) is 5.39. The fourth-order valence-electron chi connectivity index (χ4n) is 3.11. The summed E-state index contributed by atoms with van der Waals surface area (Å²) in [6.45, 7) is 3.84. The highest BCUT2D eigenvalue weighted by Gasteiger charge is 2.14. The van der Waals surface area contributed by atoms with Gasteiger partial charge in [0.15, 0.2) is 0 Å². The molecule has 2 heterocycles. The minimum atomic E-state index is 0.601. The lowest BCUT2D eigenvalue weighted by Crippen LogP contribution is -2.36. The number of anilines is 2. The predicted octanol–water partition coefficient (Wildman–Crippen LogP) is 5.81. The number of furan rings is 1. The van der Waals surface area contributed by atoms with Crippen molar-refractivity contribution in [2.45, 2.75) is 6.54 Å². The second kappa shape index (κ2) is 8.38. The van der Waals surface area contributed by atoms with Gasteiger partial charge in [-0.25, -0.2) is 0 Å². The molecule has 0 saturated carbocycles. The van der Waals surface area contributed by atoms with E-state index in [0.29, 0.717) is 6.54 Å². The van der Waals surface area contributed by atoms with Gasteiger partial charge in [-0.15, -0.1) is 0 Å². The van der Waals surface area contributed by atoms with Crippen molar-refractivity contribution < 1.29 is 9.15 Å².